The van der Waals surface area contributed by atoms with Crippen LogP contribution < -0.4 is 0 Å². The van der Waals surface area contributed by atoms with Gasteiger partial charge in [-0.2, -0.15) is 15.0 Å². The van der Waals surface area contributed by atoms with E-state index in [1.54, 1.807) is 4.80 Å². The van der Waals surface area contributed by atoms with Gasteiger partial charge in [-0.1, -0.05) is 18.2 Å². The van der Waals surface area contributed by atoms with Crippen LogP contribution >= 0.6 is 0 Å². The fourth-order valence-electron chi connectivity index (χ4n) is 3.14. The second kappa shape index (κ2) is 7.16. The third-order valence-electron chi connectivity index (χ3n) is 4.66. The number of aryl methyl sites for hydroxylation is 1. The van der Waals surface area contributed by atoms with E-state index >= 15 is 0 Å². The molecule has 7 heteroatoms. The zero-order chi connectivity index (χ0) is 17.1. The number of hydrogen-bond donors (Lipinski definition) is 0. The zero-order valence-corrected chi connectivity index (χ0v) is 14.5. The van der Waals surface area contributed by atoms with Gasteiger partial charge in [0.1, 0.15) is 5.82 Å². The fraction of sp³-hybridized carbons (Fsp3) is 0.389. The minimum absolute atomic E-state index is 0.850. The summed E-state index contributed by atoms with van der Waals surface area (Å²) in [5.41, 5.74) is 2.01. The highest BCUT2D eigenvalue weighted by Crippen LogP contribution is 2.10. The summed E-state index contributed by atoms with van der Waals surface area (Å²) in [5, 5.41) is 8.99. The SMILES string of the molecule is Cn1ccnc1CN1CCN(Cc2cnn(-c3ccccc3)n2)CC1. The van der Waals surface area contributed by atoms with Crippen molar-refractivity contribution in [3.63, 3.8) is 0 Å². The van der Waals surface area contributed by atoms with E-state index in [-0.39, 0.29) is 0 Å². The second-order valence-corrected chi connectivity index (χ2v) is 6.47. The fourth-order valence-corrected chi connectivity index (χ4v) is 3.14. The van der Waals surface area contributed by atoms with Crippen LogP contribution in [0.2, 0.25) is 0 Å². The van der Waals surface area contributed by atoms with Crippen LogP contribution in [-0.4, -0.2) is 60.5 Å². The van der Waals surface area contributed by atoms with Crippen LogP contribution in [0, 0.1) is 0 Å². The molecule has 0 atom stereocenters. The maximum absolute atomic E-state index is 4.60. The number of rotatable bonds is 5. The largest absolute Gasteiger partial charge is 0.337 e. The molecule has 3 aromatic rings. The van der Waals surface area contributed by atoms with E-state index in [1.165, 1.54) is 0 Å². The lowest BCUT2D eigenvalue weighted by atomic mass is 10.3. The highest BCUT2D eigenvalue weighted by atomic mass is 15.5. The molecule has 0 bridgehead atoms. The van der Waals surface area contributed by atoms with Crippen LogP contribution in [0.5, 0.6) is 0 Å². The predicted octanol–water partition coefficient (Wildman–Crippen LogP) is 1.32. The number of nitrogens with zero attached hydrogens (tertiary/aromatic N) is 7. The van der Waals surface area contributed by atoms with Gasteiger partial charge in [-0.15, -0.1) is 0 Å². The van der Waals surface area contributed by atoms with Crippen molar-refractivity contribution in [1.29, 1.82) is 0 Å². The molecule has 1 aliphatic heterocycles. The Kier molecular flexibility index (Phi) is 4.58. The lowest BCUT2D eigenvalue weighted by Crippen LogP contribution is -2.45. The average molecular weight is 337 g/mol. The van der Waals surface area contributed by atoms with E-state index in [4.69, 9.17) is 0 Å². The number of benzene rings is 1. The summed E-state index contributed by atoms with van der Waals surface area (Å²) in [5.74, 6) is 1.12. The molecule has 1 aliphatic rings. The van der Waals surface area contributed by atoms with E-state index in [0.29, 0.717) is 0 Å². The van der Waals surface area contributed by atoms with Crippen LogP contribution in [0.4, 0.5) is 0 Å². The molecule has 1 fully saturated rings. The quantitative estimate of drug-likeness (QED) is 0.703. The van der Waals surface area contributed by atoms with Crippen molar-refractivity contribution < 1.29 is 0 Å². The van der Waals surface area contributed by atoms with Crippen molar-refractivity contribution in [3.05, 3.63) is 60.4 Å². The van der Waals surface area contributed by atoms with Gasteiger partial charge in [-0.05, 0) is 12.1 Å². The Labute approximate surface area is 147 Å². The molecule has 3 heterocycles. The Morgan fingerprint density at radius 3 is 2.36 bits per heavy atom. The summed E-state index contributed by atoms with van der Waals surface area (Å²) >= 11 is 0. The first kappa shape index (κ1) is 16.0. The molecule has 0 aliphatic carbocycles. The molecular weight excluding hydrogens is 314 g/mol. The maximum atomic E-state index is 4.60. The molecule has 7 nitrogen and oxygen atoms in total. The monoisotopic (exact) mass is 337 g/mol. The minimum Gasteiger partial charge on any atom is -0.337 e. The van der Waals surface area contributed by atoms with Crippen LogP contribution in [0.25, 0.3) is 5.69 Å². The van der Waals surface area contributed by atoms with Gasteiger partial charge in [-0.25, -0.2) is 4.98 Å². The highest BCUT2D eigenvalue weighted by molar-refractivity contribution is 5.28. The molecule has 0 spiro atoms. The van der Waals surface area contributed by atoms with Crippen molar-refractivity contribution in [2.24, 2.45) is 7.05 Å². The summed E-state index contributed by atoms with van der Waals surface area (Å²) < 4.78 is 2.09. The van der Waals surface area contributed by atoms with Crippen molar-refractivity contribution in [2.45, 2.75) is 13.1 Å². The van der Waals surface area contributed by atoms with Gasteiger partial charge in [0.25, 0.3) is 0 Å². The number of para-hydroxylation sites is 1. The Balaban J connectivity index is 1.30. The molecule has 0 radical (unpaired) electrons. The molecule has 130 valence electrons. The standard InChI is InChI=1S/C18H23N7/c1-22-8-7-19-18(22)15-24-11-9-23(10-12-24)14-16-13-20-25(21-16)17-5-3-2-4-6-17/h2-8,13H,9-12,14-15H2,1H3. The van der Waals surface area contributed by atoms with Gasteiger partial charge in [0.05, 0.1) is 24.1 Å². The van der Waals surface area contributed by atoms with E-state index in [0.717, 1.165) is 56.5 Å². The maximum Gasteiger partial charge on any atom is 0.122 e. The smallest absolute Gasteiger partial charge is 0.122 e. The summed E-state index contributed by atoms with van der Waals surface area (Å²) in [4.78, 5) is 11.0. The van der Waals surface area contributed by atoms with Gasteiger partial charge in [-0.3, -0.25) is 9.80 Å². The molecule has 4 rings (SSSR count). The number of piperazine rings is 1. The van der Waals surface area contributed by atoms with Gasteiger partial charge in [0.2, 0.25) is 0 Å². The van der Waals surface area contributed by atoms with Crippen molar-refractivity contribution >= 4 is 0 Å². The summed E-state index contributed by atoms with van der Waals surface area (Å²) in [6.07, 6.45) is 5.73. The number of imidazole rings is 1. The van der Waals surface area contributed by atoms with E-state index in [1.807, 2.05) is 48.9 Å². The topological polar surface area (TPSA) is 55.0 Å². The summed E-state index contributed by atoms with van der Waals surface area (Å²) in [6.45, 7) is 5.97. The van der Waals surface area contributed by atoms with E-state index in [9.17, 15) is 0 Å². The molecule has 2 aromatic heterocycles. The first-order chi connectivity index (χ1) is 12.3. The Hall–Kier alpha value is -2.51. The minimum atomic E-state index is 0.850. The summed E-state index contributed by atoms with van der Waals surface area (Å²) in [6, 6.07) is 10.0. The number of hydrogen-bond acceptors (Lipinski definition) is 5. The average Bonchev–Trinajstić information content (AvgIpc) is 3.27. The Morgan fingerprint density at radius 2 is 1.68 bits per heavy atom. The predicted molar refractivity (Wildman–Crippen MR) is 95.1 cm³/mol. The Bertz CT molecular complexity index is 800. The van der Waals surface area contributed by atoms with Crippen LogP contribution in [-0.2, 0) is 20.1 Å². The van der Waals surface area contributed by atoms with E-state index in [2.05, 4.69) is 36.6 Å². The van der Waals surface area contributed by atoms with Gasteiger partial charge >= 0.3 is 0 Å². The lowest BCUT2D eigenvalue weighted by Gasteiger charge is -2.33. The lowest BCUT2D eigenvalue weighted by molar-refractivity contribution is 0.118. The molecule has 0 saturated carbocycles. The first-order valence-corrected chi connectivity index (χ1v) is 8.65. The van der Waals surface area contributed by atoms with Gasteiger partial charge < -0.3 is 4.57 Å². The van der Waals surface area contributed by atoms with Crippen molar-refractivity contribution in [1.82, 2.24) is 34.3 Å². The molecule has 0 amide bonds. The molecular formula is C18H23N7. The van der Waals surface area contributed by atoms with Gasteiger partial charge in [0.15, 0.2) is 0 Å². The second-order valence-electron chi connectivity index (χ2n) is 6.47. The highest BCUT2D eigenvalue weighted by Gasteiger charge is 2.19. The third-order valence-corrected chi connectivity index (χ3v) is 4.66. The first-order valence-electron chi connectivity index (χ1n) is 8.65. The molecule has 0 N–H and O–H groups in total. The number of aromatic nitrogens is 5. The van der Waals surface area contributed by atoms with Crippen molar-refractivity contribution in [3.8, 4) is 5.69 Å². The van der Waals surface area contributed by atoms with Crippen LogP contribution in [0.15, 0.2) is 48.9 Å². The van der Waals surface area contributed by atoms with E-state index < -0.39 is 0 Å². The van der Waals surface area contributed by atoms with Crippen molar-refractivity contribution in [2.75, 3.05) is 26.2 Å². The van der Waals surface area contributed by atoms with Gasteiger partial charge in [0, 0.05) is 52.2 Å². The Morgan fingerprint density at radius 1 is 0.960 bits per heavy atom. The summed E-state index contributed by atoms with van der Waals surface area (Å²) in [7, 11) is 2.05. The molecule has 1 saturated heterocycles. The van der Waals surface area contributed by atoms with Crippen LogP contribution in [0.3, 0.4) is 0 Å². The van der Waals surface area contributed by atoms with Crippen LogP contribution in [0.1, 0.15) is 11.5 Å². The third kappa shape index (κ3) is 3.78. The molecule has 0 unspecified atom stereocenters. The zero-order valence-electron chi connectivity index (χ0n) is 14.5. The molecule has 25 heavy (non-hydrogen) atoms. The molecule has 1 aromatic carbocycles. The normalized spacial score (nSPS) is 16.4.